The summed E-state index contributed by atoms with van der Waals surface area (Å²) in [6.45, 7) is 15.5. The van der Waals surface area contributed by atoms with Crippen LogP contribution >= 0.6 is 0 Å². The minimum absolute atomic E-state index is 0.0650. The summed E-state index contributed by atoms with van der Waals surface area (Å²) in [5.74, 6) is 4.06. The molecule has 0 radical (unpaired) electrons. The van der Waals surface area contributed by atoms with Crippen molar-refractivity contribution in [1.29, 1.82) is 0 Å². The first kappa shape index (κ1) is 23.4. The molecule has 3 heteroatoms. The average molecular weight is 444 g/mol. The van der Waals surface area contributed by atoms with Gasteiger partial charge in [0.25, 0.3) is 0 Å². The molecule has 3 nitrogen and oxygen atoms in total. The zero-order chi connectivity index (χ0) is 22.9. The molecule has 1 heterocycles. The lowest BCUT2D eigenvalue weighted by atomic mass is 9.44. The van der Waals surface area contributed by atoms with Gasteiger partial charge in [0.2, 0.25) is 0 Å². The molecule has 32 heavy (non-hydrogen) atoms. The number of aliphatic hydroxyl groups is 2. The molecule has 0 aromatic carbocycles. The summed E-state index contributed by atoms with van der Waals surface area (Å²) in [4.78, 5) is 2.55. The quantitative estimate of drug-likeness (QED) is 0.554. The number of rotatable bonds is 3. The van der Waals surface area contributed by atoms with Gasteiger partial charge in [0.05, 0.1) is 12.2 Å². The maximum atomic E-state index is 10.8. The van der Waals surface area contributed by atoms with Crippen molar-refractivity contribution in [3.8, 4) is 0 Å². The molecule has 0 spiro atoms. The van der Waals surface area contributed by atoms with Crippen molar-refractivity contribution in [1.82, 2.24) is 4.90 Å². The van der Waals surface area contributed by atoms with E-state index in [0.717, 1.165) is 55.4 Å². The summed E-state index contributed by atoms with van der Waals surface area (Å²) in [5, 5.41) is 20.9. The normalized spacial score (nSPS) is 49.5. The Hall–Kier alpha value is -0.380. The molecule has 4 aliphatic carbocycles. The van der Waals surface area contributed by atoms with Gasteiger partial charge in [0, 0.05) is 18.5 Å². The van der Waals surface area contributed by atoms with Crippen LogP contribution in [0, 0.1) is 45.8 Å². The molecule has 0 amide bonds. The smallest absolute Gasteiger partial charge is 0.0667 e. The average Bonchev–Trinajstić information content (AvgIpc) is 3.08. The van der Waals surface area contributed by atoms with Gasteiger partial charge in [0.1, 0.15) is 0 Å². The van der Waals surface area contributed by atoms with Crippen molar-refractivity contribution < 1.29 is 10.2 Å². The number of allylic oxidation sites excluding steroid dienone is 1. The summed E-state index contributed by atoms with van der Waals surface area (Å²) in [6, 6.07) is 0. The topological polar surface area (TPSA) is 43.7 Å². The van der Waals surface area contributed by atoms with Crippen molar-refractivity contribution in [2.24, 2.45) is 45.8 Å². The van der Waals surface area contributed by atoms with Crippen LogP contribution < -0.4 is 0 Å². The van der Waals surface area contributed by atoms with Crippen molar-refractivity contribution >= 4 is 0 Å². The van der Waals surface area contributed by atoms with Crippen LogP contribution in [0.3, 0.4) is 0 Å². The Balaban J connectivity index is 1.35. The van der Waals surface area contributed by atoms with E-state index in [-0.39, 0.29) is 17.6 Å². The summed E-state index contributed by atoms with van der Waals surface area (Å²) in [6.07, 6.45) is 13.4. The highest BCUT2D eigenvalue weighted by Gasteiger charge is 2.61. The first-order valence-corrected chi connectivity index (χ1v) is 13.9. The van der Waals surface area contributed by atoms with Crippen LogP contribution in [0.15, 0.2) is 11.6 Å². The highest BCUT2D eigenvalue weighted by molar-refractivity contribution is 5.31. The van der Waals surface area contributed by atoms with Crippen molar-refractivity contribution in [2.45, 2.75) is 105 Å². The lowest BCUT2D eigenvalue weighted by molar-refractivity contribution is -0.0794. The van der Waals surface area contributed by atoms with Gasteiger partial charge < -0.3 is 15.1 Å². The number of hydrogen-bond acceptors (Lipinski definition) is 3. The van der Waals surface area contributed by atoms with Gasteiger partial charge in [-0.05, 0) is 105 Å². The first-order valence-electron chi connectivity index (χ1n) is 13.9. The van der Waals surface area contributed by atoms with Crippen molar-refractivity contribution in [2.75, 3.05) is 19.6 Å². The minimum Gasteiger partial charge on any atom is -0.392 e. The van der Waals surface area contributed by atoms with Crippen LogP contribution in [0.1, 0.15) is 92.4 Å². The van der Waals surface area contributed by atoms with Gasteiger partial charge in [-0.2, -0.15) is 0 Å². The fraction of sp³-hybridized carbons (Fsp3) is 0.931. The van der Waals surface area contributed by atoms with Gasteiger partial charge in [0.15, 0.2) is 0 Å². The highest BCUT2D eigenvalue weighted by atomic mass is 16.3. The van der Waals surface area contributed by atoms with E-state index in [2.05, 4.69) is 45.6 Å². The standard InChI is InChI=1S/C29H49NO2/c1-19(17-30-16-6-7-20(31)18-30)22-9-10-23-21-8-11-25-27(2,3)26(32)13-15-29(25,5)24(21)12-14-28(22,23)4/h11,19-24,26,31-32H,6-10,12-18H2,1-5H3/t19-,20?,21?,22-,23?,24?,26+,28-,29-/m1/s1. The summed E-state index contributed by atoms with van der Waals surface area (Å²) in [7, 11) is 0. The van der Waals surface area contributed by atoms with Gasteiger partial charge in [-0.15, -0.1) is 0 Å². The van der Waals surface area contributed by atoms with E-state index >= 15 is 0 Å². The number of likely N-dealkylation sites (tertiary alicyclic amines) is 1. The Bertz CT molecular complexity index is 745. The monoisotopic (exact) mass is 443 g/mol. The van der Waals surface area contributed by atoms with Gasteiger partial charge in [-0.3, -0.25) is 0 Å². The Morgan fingerprint density at radius 3 is 2.53 bits per heavy atom. The second kappa shape index (κ2) is 8.09. The molecular weight excluding hydrogens is 394 g/mol. The molecule has 0 aromatic heterocycles. The van der Waals surface area contributed by atoms with E-state index in [9.17, 15) is 10.2 Å². The molecule has 4 fully saturated rings. The number of piperidine rings is 1. The van der Waals surface area contributed by atoms with Crippen LogP contribution in [-0.4, -0.2) is 47.0 Å². The molecule has 1 aliphatic heterocycles. The Labute approximate surface area is 197 Å². The van der Waals surface area contributed by atoms with Crippen LogP contribution in [0.2, 0.25) is 0 Å². The molecule has 0 bridgehead atoms. The number of hydrogen-bond donors (Lipinski definition) is 2. The van der Waals surface area contributed by atoms with E-state index in [4.69, 9.17) is 0 Å². The third-order valence-corrected chi connectivity index (χ3v) is 11.7. The van der Waals surface area contributed by atoms with Gasteiger partial charge >= 0.3 is 0 Å². The maximum absolute atomic E-state index is 10.8. The van der Waals surface area contributed by atoms with Crippen molar-refractivity contribution in [3.05, 3.63) is 11.6 Å². The number of β-amino-alcohol motifs (C(OH)–C–C–N with tert-alkyl or cyclic N) is 1. The molecule has 182 valence electrons. The predicted molar refractivity (Wildman–Crippen MR) is 131 cm³/mol. The largest absolute Gasteiger partial charge is 0.392 e. The van der Waals surface area contributed by atoms with Crippen LogP contribution in [0.25, 0.3) is 0 Å². The number of nitrogens with zero attached hydrogens (tertiary/aromatic N) is 1. The molecule has 9 atom stereocenters. The SMILES string of the molecule is C[C@H](CN1CCCC(O)C1)[C@H]1CCC2C3CC=C4C(C)(C)[C@@H](O)CC[C@]4(C)C3CC[C@@]21C. The maximum Gasteiger partial charge on any atom is 0.0667 e. The molecule has 2 N–H and O–H groups in total. The second-order valence-corrected chi connectivity index (χ2v) is 13.7. The minimum atomic E-state index is -0.183. The third kappa shape index (κ3) is 3.47. The Kier molecular flexibility index (Phi) is 5.91. The third-order valence-electron chi connectivity index (χ3n) is 11.7. The zero-order valence-corrected chi connectivity index (χ0v) is 21.4. The van der Waals surface area contributed by atoms with E-state index < -0.39 is 0 Å². The second-order valence-electron chi connectivity index (χ2n) is 13.7. The lowest BCUT2D eigenvalue weighted by Crippen LogP contribution is -2.54. The molecule has 0 aromatic rings. The van der Waals surface area contributed by atoms with Crippen LogP contribution in [-0.2, 0) is 0 Å². The Morgan fingerprint density at radius 2 is 1.78 bits per heavy atom. The fourth-order valence-electron chi connectivity index (χ4n) is 10.1. The molecule has 3 saturated carbocycles. The first-order chi connectivity index (χ1) is 15.1. The Morgan fingerprint density at radius 1 is 1.00 bits per heavy atom. The van der Waals surface area contributed by atoms with Gasteiger partial charge in [-0.1, -0.05) is 46.3 Å². The van der Waals surface area contributed by atoms with E-state index in [1.54, 1.807) is 5.57 Å². The fourth-order valence-corrected chi connectivity index (χ4v) is 10.1. The molecule has 5 aliphatic rings. The predicted octanol–water partition coefficient (Wildman–Crippen LogP) is 5.66. The summed E-state index contributed by atoms with van der Waals surface area (Å²) >= 11 is 0. The van der Waals surface area contributed by atoms with Crippen LogP contribution in [0.5, 0.6) is 0 Å². The molecular formula is C29H49NO2. The molecule has 4 unspecified atom stereocenters. The summed E-state index contributed by atoms with van der Waals surface area (Å²) in [5.41, 5.74) is 2.30. The molecule has 1 saturated heterocycles. The lowest BCUT2D eigenvalue weighted by Gasteiger charge is -2.61. The number of fused-ring (bicyclic) bond motifs is 5. The molecule has 5 rings (SSSR count). The number of aliphatic hydroxyl groups excluding tert-OH is 2. The van der Waals surface area contributed by atoms with Gasteiger partial charge in [-0.25, -0.2) is 0 Å². The van der Waals surface area contributed by atoms with E-state index in [1.807, 2.05) is 0 Å². The van der Waals surface area contributed by atoms with Crippen molar-refractivity contribution in [3.63, 3.8) is 0 Å². The van der Waals surface area contributed by atoms with Crippen LogP contribution in [0.4, 0.5) is 0 Å². The summed E-state index contributed by atoms with van der Waals surface area (Å²) < 4.78 is 0. The zero-order valence-electron chi connectivity index (χ0n) is 21.4. The van der Waals surface area contributed by atoms with E-state index in [0.29, 0.717) is 10.8 Å². The van der Waals surface area contributed by atoms with E-state index in [1.165, 1.54) is 51.6 Å². The highest BCUT2D eigenvalue weighted by Crippen LogP contribution is 2.68.